The van der Waals surface area contributed by atoms with Crippen molar-refractivity contribution in [2.24, 2.45) is 0 Å². The number of rotatable bonds is 0. The third-order valence-electron chi connectivity index (χ3n) is 2.43. The SMILES string of the molecule is CC1=CCc2cccc(C)c2[CH]1. The molecule has 1 aromatic rings. The summed E-state index contributed by atoms with van der Waals surface area (Å²) in [6.45, 7) is 4.34. The molecule has 0 aliphatic heterocycles. The summed E-state index contributed by atoms with van der Waals surface area (Å²) < 4.78 is 0. The Morgan fingerprint density at radius 3 is 2.83 bits per heavy atom. The van der Waals surface area contributed by atoms with Crippen molar-refractivity contribution in [3.63, 3.8) is 0 Å². The lowest BCUT2D eigenvalue weighted by atomic mass is 9.89. The maximum Gasteiger partial charge on any atom is 0.0157 e. The Balaban J connectivity index is 2.49. The Morgan fingerprint density at radius 1 is 1.17 bits per heavy atom. The van der Waals surface area contributed by atoms with Gasteiger partial charge in [-0.05, 0) is 37.0 Å². The van der Waals surface area contributed by atoms with Crippen molar-refractivity contribution in [3.05, 3.63) is 53.0 Å². The van der Waals surface area contributed by atoms with Crippen molar-refractivity contribution in [3.8, 4) is 0 Å². The average Bonchev–Trinajstić information content (AvgIpc) is 2.07. The van der Waals surface area contributed by atoms with Crippen molar-refractivity contribution in [1.82, 2.24) is 0 Å². The number of benzene rings is 1. The molecule has 12 heavy (non-hydrogen) atoms. The molecule has 0 heteroatoms. The fourth-order valence-corrected chi connectivity index (χ4v) is 1.68. The molecular formula is C12H13. The maximum atomic E-state index is 2.28. The predicted molar refractivity (Wildman–Crippen MR) is 52.0 cm³/mol. The van der Waals surface area contributed by atoms with Gasteiger partial charge in [-0.15, -0.1) is 0 Å². The molecule has 61 valence electrons. The highest BCUT2D eigenvalue weighted by atomic mass is 14.1. The van der Waals surface area contributed by atoms with Crippen LogP contribution in [0.3, 0.4) is 0 Å². The summed E-state index contributed by atoms with van der Waals surface area (Å²) in [6.07, 6.45) is 5.65. The first-order valence-corrected chi connectivity index (χ1v) is 4.37. The number of allylic oxidation sites excluding steroid dienone is 2. The molecular weight excluding hydrogens is 144 g/mol. The van der Waals surface area contributed by atoms with Gasteiger partial charge in [0.05, 0.1) is 0 Å². The molecule has 0 spiro atoms. The Labute approximate surface area is 73.9 Å². The average molecular weight is 157 g/mol. The fourth-order valence-electron chi connectivity index (χ4n) is 1.68. The first kappa shape index (κ1) is 7.60. The van der Waals surface area contributed by atoms with Crippen LogP contribution in [0.2, 0.25) is 0 Å². The van der Waals surface area contributed by atoms with Gasteiger partial charge in [0, 0.05) is 6.42 Å². The van der Waals surface area contributed by atoms with Gasteiger partial charge in [-0.2, -0.15) is 0 Å². The van der Waals surface area contributed by atoms with E-state index in [-0.39, 0.29) is 0 Å². The van der Waals surface area contributed by atoms with E-state index in [0.717, 1.165) is 6.42 Å². The molecule has 0 atom stereocenters. The number of aryl methyl sites for hydroxylation is 1. The van der Waals surface area contributed by atoms with Gasteiger partial charge in [-0.1, -0.05) is 29.8 Å². The van der Waals surface area contributed by atoms with Crippen LogP contribution in [-0.4, -0.2) is 0 Å². The molecule has 1 aliphatic carbocycles. The smallest absolute Gasteiger partial charge is 0.0157 e. The molecule has 0 saturated carbocycles. The van der Waals surface area contributed by atoms with E-state index in [0.29, 0.717) is 0 Å². The van der Waals surface area contributed by atoms with Gasteiger partial charge in [-0.25, -0.2) is 0 Å². The third kappa shape index (κ3) is 1.18. The lowest BCUT2D eigenvalue weighted by Crippen LogP contribution is -2.01. The largest absolute Gasteiger partial charge is 0.0805 e. The molecule has 0 unspecified atom stereocenters. The Bertz CT molecular complexity index is 332. The second kappa shape index (κ2) is 2.78. The van der Waals surface area contributed by atoms with Crippen molar-refractivity contribution in [2.45, 2.75) is 20.3 Å². The van der Waals surface area contributed by atoms with E-state index < -0.39 is 0 Å². The molecule has 0 fully saturated rings. The molecule has 0 amide bonds. The van der Waals surface area contributed by atoms with E-state index >= 15 is 0 Å². The van der Waals surface area contributed by atoms with Crippen LogP contribution >= 0.6 is 0 Å². The van der Waals surface area contributed by atoms with Crippen molar-refractivity contribution >= 4 is 0 Å². The van der Waals surface area contributed by atoms with Crippen LogP contribution < -0.4 is 0 Å². The fraction of sp³-hybridized carbons (Fsp3) is 0.250. The molecule has 1 aliphatic rings. The number of hydrogen-bond donors (Lipinski definition) is 0. The quantitative estimate of drug-likeness (QED) is 0.543. The monoisotopic (exact) mass is 157 g/mol. The van der Waals surface area contributed by atoms with Crippen molar-refractivity contribution in [2.75, 3.05) is 0 Å². The summed E-state index contributed by atoms with van der Waals surface area (Å²) in [5, 5.41) is 0. The normalized spacial score (nSPS) is 15.3. The van der Waals surface area contributed by atoms with Crippen LogP contribution in [0.25, 0.3) is 0 Å². The number of hydrogen-bond acceptors (Lipinski definition) is 0. The summed E-state index contributed by atoms with van der Waals surface area (Å²) in [7, 11) is 0. The van der Waals surface area contributed by atoms with Gasteiger partial charge in [0.25, 0.3) is 0 Å². The lowest BCUT2D eigenvalue weighted by molar-refractivity contribution is 1.12. The van der Waals surface area contributed by atoms with E-state index in [1.165, 1.54) is 22.3 Å². The van der Waals surface area contributed by atoms with Gasteiger partial charge in [-0.3, -0.25) is 0 Å². The second-order valence-electron chi connectivity index (χ2n) is 3.44. The summed E-state index contributed by atoms with van der Waals surface area (Å²) in [5.41, 5.74) is 5.66. The summed E-state index contributed by atoms with van der Waals surface area (Å²) in [6, 6.07) is 6.52. The molecule has 0 aromatic heterocycles. The van der Waals surface area contributed by atoms with Crippen LogP contribution in [0.4, 0.5) is 0 Å². The zero-order valence-electron chi connectivity index (χ0n) is 7.59. The van der Waals surface area contributed by atoms with E-state index in [2.05, 4.69) is 44.5 Å². The zero-order chi connectivity index (χ0) is 8.55. The van der Waals surface area contributed by atoms with Crippen LogP contribution in [-0.2, 0) is 6.42 Å². The van der Waals surface area contributed by atoms with E-state index in [9.17, 15) is 0 Å². The maximum absolute atomic E-state index is 2.28. The Hall–Kier alpha value is -1.04. The molecule has 1 radical (unpaired) electrons. The van der Waals surface area contributed by atoms with Crippen LogP contribution in [0.15, 0.2) is 29.8 Å². The van der Waals surface area contributed by atoms with Gasteiger partial charge in [0.1, 0.15) is 0 Å². The first-order chi connectivity index (χ1) is 5.77. The molecule has 1 aromatic carbocycles. The van der Waals surface area contributed by atoms with Crippen molar-refractivity contribution < 1.29 is 0 Å². The highest BCUT2D eigenvalue weighted by molar-refractivity contribution is 5.48. The summed E-state index contributed by atoms with van der Waals surface area (Å²) >= 11 is 0. The predicted octanol–water partition coefficient (Wildman–Crippen LogP) is 3.05. The molecule has 0 N–H and O–H groups in total. The van der Waals surface area contributed by atoms with E-state index in [4.69, 9.17) is 0 Å². The molecule has 2 rings (SSSR count). The first-order valence-electron chi connectivity index (χ1n) is 4.37. The number of fused-ring (bicyclic) bond motifs is 1. The van der Waals surface area contributed by atoms with Gasteiger partial charge in [0.15, 0.2) is 0 Å². The minimum atomic E-state index is 1.10. The summed E-state index contributed by atoms with van der Waals surface area (Å²) in [5.74, 6) is 0. The third-order valence-corrected chi connectivity index (χ3v) is 2.43. The second-order valence-corrected chi connectivity index (χ2v) is 3.44. The van der Waals surface area contributed by atoms with E-state index in [1.54, 1.807) is 0 Å². The highest BCUT2D eigenvalue weighted by Gasteiger charge is 2.09. The van der Waals surface area contributed by atoms with Gasteiger partial charge in [0.2, 0.25) is 0 Å². The van der Waals surface area contributed by atoms with E-state index in [1.807, 2.05) is 0 Å². The summed E-state index contributed by atoms with van der Waals surface area (Å²) in [4.78, 5) is 0. The molecule has 0 bridgehead atoms. The Morgan fingerprint density at radius 2 is 2.00 bits per heavy atom. The van der Waals surface area contributed by atoms with Crippen LogP contribution in [0.1, 0.15) is 23.6 Å². The van der Waals surface area contributed by atoms with Gasteiger partial charge < -0.3 is 0 Å². The van der Waals surface area contributed by atoms with Gasteiger partial charge >= 0.3 is 0 Å². The molecule has 0 heterocycles. The van der Waals surface area contributed by atoms with Crippen molar-refractivity contribution in [1.29, 1.82) is 0 Å². The standard InChI is InChI=1S/C12H13/c1-9-6-7-11-5-3-4-10(2)12(11)8-9/h3-6,8H,7H2,1-2H3. The highest BCUT2D eigenvalue weighted by Crippen LogP contribution is 2.24. The van der Waals surface area contributed by atoms with Crippen LogP contribution in [0.5, 0.6) is 0 Å². The van der Waals surface area contributed by atoms with Crippen LogP contribution in [0, 0.1) is 13.3 Å². The minimum Gasteiger partial charge on any atom is -0.0805 e. The topological polar surface area (TPSA) is 0 Å². The lowest BCUT2D eigenvalue weighted by Gasteiger charge is -2.16. The molecule has 0 saturated heterocycles. The molecule has 0 nitrogen and oxygen atoms in total. The zero-order valence-corrected chi connectivity index (χ0v) is 7.59. The minimum absolute atomic E-state index is 1.10. The Kier molecular flexibility index (Phi) is 1.76.